The van der Waals surface area contributed by atoms with E-state index in [1.54, 1.807) is 19.1 Å². The molecule has 0 saturated carbocycles. The first-order valence-corrected chi connectivity index (χ1v) is 10.9. The summed E-state index contributed by atoms with van der Waals surface area (Å²) in [4.78, 5) is 12.4. The number of piperidine rings is 1. The highest BCUT2D eigenvalue weighted by Gasteiger charge is 2.27. The molecule has 1 N–H and O–H groups in total. The fraction of sp³-hybridized carbons (Fsp3) is 0.381. The van der Waals surface area contributed by atoms with Crippen molar-refractivity contribution in [3.63, 3.8) is 0 Å². The van der Waals surface area contributed by atoms with Crippen molar-refractivity contribution in [2.75, 3.05) is 25.0 Å². The maximum atomic E-state index is 13.0. The van der Waals surface area contributed by atoms with Crippen LogP contribution >= 0.6 is 0 Å². The fourth-order valence-corrected chi connectivity index (χ4v) is 5.00. The van der Waals surface area contributed by atoms with Gasteiger partial charge in [-0.2, -0.15) is 4.31 Å². The third-order valence-corrected chi connectivity index (χ3v) is 6.79. The molecule has 1 aliphatic heterocycles. The number of nitrogens with one attached hydrogen (secondary N) is 1. The number of hydrogen-bond donors (Lipinski definition) is 1. The summed E-state index contributed by atoms with van der Waals surface area (Å²) in [6, 6.07) is 14.6. The summed E-state index contributed by atoms with van der Waals surface area (Å²) in [5.74, 6) is -0.318. The molecule has 1 heterocycles. The van der Waals surface area contributed by atoms with E-state index in [4.69, 9.17) is 4.74 Å². The van der Waals surface area contributed by atoms with E-state index in [1.165, 1.54) is 10.4 Å². The molecule has 0 bridgehead atoms. The van der Waals surface area contributed by atoms with E-state index in [1.807, 2.05) is 30.3 Å². The SMILES string of the molecule is Cc1ccc(NC(=O)COCc2ccccc2)cc1S(=O)(=O)N1CCCCC1. The average molecular weight is 403 g/mol. The van der Waals surface area contributed by atoms with Crippen molar-refractivity contribution in [3.05, 3.63) is 59.7 Å². The summed E-state index contributed by atoms with van der Waals surface area (Å²) in [5.41, 5.74) is 2.11. The number of hydrogen-bond acceptors (Lipinski definition) is 4. The Kier molecular flexibility index (Phi) is 6.83. The second kappa shape index (κ2) is 9.32. The van der Waals surface area contributed by atoms with E-state index in [-0.39, 0.29) is 17.4 Å². The third kappa shape index (κ3) is 5.19. The maximum absolute atomic E-state index is 13.0. The van der Waals surface area contributed by atoms with Crippen molar-refractivity contribution in [2.24, 2.45) is 0 Å². The van der Waals surface area contributed by atoms with E-state index in [0.717, 1.165) is 24.8 Å². The Morgan fingerprint density at radius 2 is 1.79 bits per heavy atom. The van der Waals surface area contributed by atoms with Gasteiger partial charge in [-0.3, -0.25) is 4.79 Å². The zero-order chi connectivity index (χ0) is 20.0. The number of sulfonamides is 1. The normalized spacial score (nSPS) is 15.3. The topological polar surface area (TPSA) is 75.7 Å². The third-order valence-electron chi connectivity index (χ3n) is 4.75. The van der Waals surface area contributed by atoms with E-state index in [0.29, 0.717) is 30.9 Å². The molecule has 0 aliphatic carbocycles. The Labute approximate surface area is 166 Å². The van der Waals surface area contributed by atoms with Gasteiger partial charge in [0.05, 0.1) is 11.5 Å². The summed E-state index contributed by atoms with van der Waals surface area (Å²) < 4.78 is 32.9. The summed E-state index contributed by atoms with van der Waals surface area (Å²) in [5, 5.41) is 2.72. The lowest BCUT2D eigenvalue weighted by Gasteiger charge is -2.26. The van der Waals surface area contributed by atoms with Crippen molar-refractivity contribution < 1.29 is 17.9 Å². The van der Waals surface area contributed by atoms with Crippen LogP contribution in [-0.4, -0.2) is 38.3 Å². The molecule has 2 aromatic carbocycles. The van der Waals surface area contributed by atoms with Crippen molar-refractivity contribution in [2.45, 2.75) is 37.7 Å². The smallest absolute Gasteiger partial charge is 0.250 e. The van der Waals surface area contributed by atoms with Crippen LogP contribution in [0.2, 0.25) is 0 Å². The Hall–Kier alpha value is -2.22. The van der Waals surface area contributed by atoms with Gasteiger partial charge in [-0.15, -0.1) is 0 Å². The average Bonchev–Trinajstić information content (AvgIpc) is 2.71. The minimum atomic E-state index is -3.55. The van der Waals surface area contributed by atoms with Crippen LogP contribution in [0.25, 0.3) is 0 Å². The number of benzene rings is 2. The van der Waals surface area contributed by atoms with Crippen molar-refractivity contribution in [3.8, 4) is 0 Å². The number of carbonyl (C=O) groups excluding carboxylic acids is 1. The second-order valence-electron chi connectivity index (χ2n) is 6.97. The second-order valence-corrected chi connectivity index (χ2v) is 8.88. The molecule has 1 saturated heterocycles. The zero-order valence-electron chi connectivity index (χ0n) is 16.1. The van der Waals surface area contributed by atoms with Crippen LogP contribution in [-0.2, 0) is 26.2 Å². The lowest BCUT2D eigenvalue weighted by Crippen LogP contribution is -2.36. The molecule has 0 aromatic heterocycles. The Balaban J connectivity index is 1.63. The minimum absolute atomic E-state index is 0.100. The van der Waals surface area contributed by atoms with Crippen LogP contribution in [0.15, 0.2) is 53.4 Å². The van der Waals surface area contributed by atoms with Gasteiger partial charge in [-0.05, 0) is 43.0 Å². The fourth-order valence-electron chi connectivity index (χ4n) is 3.23. The van der Waals surface area contributed by atoms with Crippen LogP contribution < -0.4 is 5.32 Å². The first-order valence-electron chi connectivity index (χ1n) is 9.49. The molecule has 1 aliphatic rings. The molecular weight excluding hydrogens is 376 g/mol. The van der Waals surface area contributed by atoms with Crippen LogP contribution in [0.3, 0.4) is 0 Å². The zero-order valence-corrected chi connectivity index (χ0v) is 16.9. The molecular formula is C21H26N2O4S. The molecule has 150 valence electrons. The number of ether oxygens (including phenoxy) is 1. The number of aryl methyl sites for hydroxylation is 1. The Morgan fingerprint density at radius 1 is 1.07 bits per heavy atom. The highest BCUT2D eigenvalue weighted by atomic mass is 32.2. The lowest BCUT2D eigenvalue weighted by atomic mass is 10.2. The van der Waals surface area contributed by atoms with E-state index < -0.39 is 10.0 Å². The summed E-state index contributed by atoms with van der Waals surface area (Å²) >= 11 is 0. The molecule has 1 fully saturated rings. The Bertz CT molecular complexity index is 907. The van der Waals surface area contributed by atoms with Crippen LogP contribution in [0.5, 0.6) is 0 Å². The highest BCUT2D eigenvalue weighted by Crippen LogP contribution is 2.26. The standard InChI is InChI=1S/C21H26N2O4S/c1-17-10-11-19(14-20(17)28(25,26)23-12-6-3-7-13-23)22-21(24)16-27-15-18-8-4-2-5-9-18/h2,4-5,8-11,14H,3,6-7,12-13,15-16H2,1H3,(H,22,24). The van der Waals surface area contributed by atoms with Gasteiger partial charge < -0.3 is 10.1 Å². The molecule has 6 nitrogen and oxygen atoms in total. The predicted molar refractivity (Wildman–Crippen MR) is 109 cm³/mol. The summed E-state index contributed by atoms with van der Waals surface area (Å²) in [6.45, 7) is 3.11. The van der Waals surface area contributed by atoms with Gasteiger partial charge >= 0.3 is 0 Å². The molecule has 0 atom stereocenters. The van der Waals surface area contributed by atoms with Crippen molar-refractivity contribution in [1.29, 1.82) is 0 Å². The Morgan fingerprint density at radius 3 is 2.50 bits per heavy atom. The van der Waals surface area contributed by atoms with Crippen LogP contribution in [0, 0.1) is 6.92 Å². The van der Waals surface area contributed by atoms with E-state index in [2.05, 4.69) is 5.32 Å². The minimum Gasteiger partial charge on any atom is -0.367 e. The molecule has 28 heavy (non-hydrogen) atoms. The number of nitrogens with zero attached hydrogens (tertiary/aromatic N) is 1. The largest absolute Gasteiger partial charge is 0.367 e. The van der Waals surface area contributed by atoms with Gasteiger partial charge in [0.15, 0.2) is 0 Å². The van der Waals surface area contributed by atoms with Crippen molar-refractivity contribution >= 4 is 21.6 Å². The van der Waals surface area contributed by atoms with Gasteiger partial charge in [0.2, 0.25) is 15.9 Å². The van der Waals surface area contributed by atoms with Crippen LogP contribution in [0.4, 0.5) is 5.69 Å². The summed E-state index contributed by atoms with van der Waals surface area (Å²) in [6.07, 6.45) is 2.82. The van der Waals surface area contributed by atoms with Crippen LogP contribution in [0.1, 0.15) is 30.4 Å². The van der Waals surface area contributed by atoms with Gasteiger partial charge in [0.25, 0.3) is 0 Å². The first kappa shape index (κ1) is 20.5. The molecule has 0 spiro atoms. The highest BCUT2D eigenvalue weighted by molar-refractivity contribution is 7.89. The van der Waals surface area contributed by atoms with Gasteiger partial charge in [0, 0.05) is 18.8 Å². The maximum Gasteiger partial charge on any atom is 0.250 e. The molecule has 2 aromatic rings. The first-order chi connectivity index (χ1) is 13.5. The number of amides is 1. The van der Waals surface area contributed by atoms with Crippen molar-refractivity contribution in [1.82, 2.24) is 4.31 Å². The lowest BCUT2D eigenvalue weighted by molar-refractivity contribution is -0.121. The molecule has 0 unspecified atom stereocenters. The van der Waals surface area contributed by atoms with Gasteiger partial charge in [-0.25, -0.2) is 8.42 Å². The van der Waals surface area contributed by atoms with Gasteiger partial charge in [0.1, 0.15) is 6.61 Å². The molecule has 3 rings (SSSR count). The van der Waals surface area contributed by atoms with E-state index >= 15 is 0 Å². The molecule has 0 radical (unpaired) electrons. The van der Waals surface area contributed by atoms with Gasteiger partial charge in [-0.1, -0.05) is 42.8 Å². The quantitative estimate of drug-likeness (QED) is 0.771. The molecule has 1 amide bonds. The number of rotatable bonds is 7. The monoisotopic (exact) mass is 402 g/mol. The number of carbonyl (C=O) groups is 1. The van der Waals surface area contributed by atoms with E-state index in [9.17, 15) is 13.2 Å². The predicted octanol–water partition coefficient (Wildman–Crippen LogP) is 3.32. The molecule has 7 heteroatoms. The summed E-state index contributed by atoms with van der Waals surface area (Å²) in [7, 11) is -3.55. The number of anilines is 1.